The summed E-state index contributed by atoms with van der Waals surface area (Å²) in [6, 6.07) is 0. The third-order valence-electron chi connectivity index (χ3n) is 9.12. The SMILES string of the molecule is CCCCC/C=C\C/C=C\CCCCCCCCCC(=O)OC(COCCCCCCCCCCCCCCCCC)COP(=O)(O)OCCN. The van der Waals surface area contributed by atoms with Crippen molar-refractivity contribution in [2.45, 2.75) is 206 Å². The van der Waals surface area contributed by atoms with Crippen LogP contribution < -0.4 is 5.73 Å². The van der Waals surface area contributed by atoms with Gasteiger partial charge >= 0.3 is 13.8 Å². The zero-order chi connectivity index (χ0) is 37.4. The number of phosphoric ester groups is 1. The number of carbonyl (C=O) groups is 1. The molecule has 0 aromatic carbocycles. The van der Waals surface area contributed by atoms with Crippen LogP contribution >= 0.6 is 7.82 Å². The first-order chi connectivity index (χ1) is 24.9. The zero-order valence-electron chi connectivity index (χ0n) is 33.3. The summed E-state index contributed by atoms with van der Waals surface area (Å²) in [5.41, 5.74) is 5.36. The van der Waals surface area contributed by atoms with Crippen LogP contribution in [0.1, 0.15) is 200 Å². The highest BCUT2D eigenvalue weighted by atomic mass is 31.2. The molecule has 0 rings (SSSR count). The van der Waals surface area contributed by atoms with Crippen LogP contribution in [0, 0.1) is 0 Å². The number of ether oxygens (including phenoxy) is 2. The van der Waals surface area contributed by atoms with Crippen molar-refractivity contribution in [1.82, 2.24) is 0 Å². The van der Waals surface area contributed by atoms with E-state index in [1.165, 1.54) is 135 Å². The van der Waals surface area contributed by atoms with Gasteiger partial charge in [0.05, 0.1) is 19.8 Å². The number of phosphoric acid groups is 1. The van der Waals surface area contributed by atoms with Crippen molar-refractivity contribution in [3.05, 3.63) is 24.3 Å². The number of rotatable bonds is 41. The van der Waals surface area contributed by atoms with Crippen molar-refractivity contribution in [3.8, 4) is 0 Å². The minimum absolute atomic E-state index is 0.0951. The third-order valence-corrected chi connectivity index (χ3v) is 10.1. The van der Waals surface area contributed by atoms with Gasteiger partial charge in [-0.2, -0.15) is 0 Å². The number of carbonyl (C=O) groups excluding carboxylic acids is 1. The number of unbranched alkanes of at least 4 members (excludes halogenated alkanes) is 24. The standard InChI is InChI=1S/C42H82NO7P/c1-3-5-7-9-11-13-15-17-19-20-21-23-25-27-29-31-33-35-42(44)50-41(40-49-51(45,46)48-38-36-43)39-47-37-34-32-30-28-26-24-22-18-16-14-12-10-8-6-4-2/h11,13,17,19,41H,3-10,12,14-16,18,20-40,43H2,1-2H3,(H,45,46)/b13-11-,19-17-. The second-order valence-corrected chi connectivity index (χ2v) is 15.7. The van der Waals surface area contributed by atoms with Crippen LogP contribution in [-0.4, -0.2) is 49.9 Å². The Morgan fingerprint density at radius 2 is 1.04 bits per heavy atom. The van der Waals surface area contributed by atoms with Gasteiger partial charge in [0.25, 0.3) is 0 Å². The van der Waals surface area contributed by atoms with Crippen LogP contribution in [0.3, 0.4) is 0 Å². The Balaban J connectivity index is 4.03. The average Bonchev–Trinajstić information content (AvgIpc) is 3.12. The number of hydrogen-bond donors (Lipinski definition) is 2. The number of nitrogens with two attached hydrogens (primary N) is 1. The Kier molecular flexibility index (Phi) is 39.4. The lowest BCUT2D eigenvalue weighted by Gasteiger charge is -2.20. The van der Waals surface area contributed by atoms with E-state index in [2.05, 4.69) is 38.2 Å². The number of esters is 1. The Morgan fingerprint density at radius 1 is 0.588 bits per heavy atom. The van der Waals surface area contributed by atoms with Crippen molar-refractivity contribution in [2.24, 2.45) is 5.73 Å². The van der Waals surface area contributed by atoms with E-state index in [9.17, 15) is 14.3 Å². The zero-order valence-corrected chi connectivity index (χ0v) is 34.2. The van der Waals surface area contributed by atoms with E-state index in [1.54, 1.807) is 0 Å². The molecule has 0 bridgehead atoms. The summed E-state index contributed by atoms with van der Waals surface area (Å²) in [6.07, 6.45) is 43.3. The number of hydrogen-bond acceptors (Lipinski definition) is 7. The predicted octanol–water partition coefficient (Wildman–Crippen LogP) is 12.5. The van der Waals surface area contributed by atoms with E-state index in [-0.39, 0.29) is 32.3 Å². The van der Waals surface area contributed by atoms with Gasteiger partial charge in [-0.1, -0.05) is 173 Å². The van der Waals surface area contributed by atoms with Crippen LogP contribution in [0.25, 0.3) is 0 Å². The lowest BCUT2D eigenvalue weighted by Crippen LogP contribution is -2.28. The number of allylic oxidation sites excluding steroid dienone is 4. The van der Waals surface area contributed by atoms with E-state index < -0.39 is 13.9 Å². The van der Waals surface area contributed by atoms with E-state index in [1.807, 2.05) is 0 Å². The highest BCUT2D eigenvalue weighted by Crippen LogP contribution is 2.43. The van der Waals surface area contributed by atoms with Gasteiger partial charge in [0, 0.05) is 19.6 Å². The van der Waals surface area contributed by atoms with E-state index >= 15 is 0 Å². The first-order valence-electron chi connectivity index (χ1n) is 21.3. The molecular formula is C42H82NO7P. The molecule has 0 spiro atoms. The van der Waals surface area contributed by atoms with Gasteiger partial charge in [0.2, 0.25) is 0 Å². The molecule has 0 fully saturated rings. The second kappa shape index (κ2) is 40.2. The fraction of sp³-hybridized carbons (Fsp3) is 0.881. The van der Waals surface area contributed by atoms with Crippen LogP contribution in [0.5, 0.6) is 0 Å². The van der Waals surface area contributed by atoms with Gasteiger partial charge in [-0.3, -0.25) is 13.8 Å². The molecule has 3 N–H and O–H groups in total. The van der Waals surface area contributed by atoms with Gasteiger partial charge in [-0.25, -0.2) is 4.57 Å². The van der Waals surface area contributed by atoms with Crippen molar-refractivity contribution in [1.29, 1.82) is 0 Å². The first-order valence-corrected chi connectivity index (χ1v) is 22.8. The molecule has 2 unspecified atom stereocenters. The molecule has 302 valence electrons. The van der Waals surface area contributed by atoms with Crippen molar-refractivity contribution >= 4 is 13.8 Å². The molecule has 0 amide bonds. The molecular weight excluding hydrogens is 661 g/mol. The summed E-state index contributed by atoms with van der Waals surface area (Å²) in [6.45, 7) is 4.92. The lowest BCUT2D eigenvalue weighted by atomic mass is 10.0. The molecule has 0 aromatic rings. The Labute approximate surface area is 315 Å². The summed E-state index contributed by atoms with van der Waals surface area (Å²) in [4.78, 5) is 22.5. The summed E-state index contributed by atoms with van der Waals surface area (Å²) >= 11 is 0. The summed E-state index contributed by atoms with van der Waals surface area (Å²) in [5.74, 6) is -0.336. The van der Waals surface area contributed by atoms with Crippen LogP contribution in [0.4, 0.5) is 0 Å². The molecule has 0 aliphatic heterocycles. The molecule has 0 aliphatic carbocycles. The summed E-state index contributed by atoms with van der Waals surface area (Å²) < 4.78 is 33.4. The molecule has 0 saturated carbocycles. The van der Waals surface area contributed by atoms with Gasteiger partial charge in [-0.05, 0) is 44.9 Å². The topological polar surface area (TPSA) is 117 Å². The molecule has 0 aliphatic rings. The van der Waals surface area contributed by atoms with Crippen LogP contribution in [0.2, 0.25) is 0 Å². The average molecular weight is 744 g/mol. The minimum Gasteiger partial charge on any atom is -0.457 e. The molecule has 0 heterocycles. The van der Waals surface area contributed by atoms with Gasteiger partial charge in [0.1, 0.15) is 6.10 Å². The maximum absolute atomic E-state index is 12.6. The third kappa shape index (κ3) is 40.0. The Bertz CT molecular complexity index is 838. The summed E-state index contributed by atoms with van der Waals surface area (Å²) in [7, 11) is -4.27. The Hall–Kier alpha value is -1.02. The van der Waals surface area contributed by atoms with Crippen molar-refractivity contribution in [3.63, 3.8) is 0 Å². The van der Waals surface area contributed by atoms with Crippen LogP contribution in [-0.2, 0) is 27.9 Å². The molecule has 51 heavy (non-hydrogen) atoms. The molecule has 0 saturated heterocycles. The molecule has 9 heteroatoms. The largest absolute Gasteiger partial charge is 0.472 e. The molecule has 2 atom stereocenters. The highest BCUT2D eigenvalue weighted by Gasteiger charge is 2.25. The molecule has 8 nitrogen and oxygen atoms in total. The quantitative estimate of drug-likeness (QED) is 0.0275. The van der Waals surface area contributed by atoms with Crippen molar-refractivity contribution in [2.75, 3.05) is 33.0 Å². The minimum atomic E-state index is -4.27. The maximum Gasteiger partial charge on any atom is 0.472 e. The molecule has 0 aromatic heterocycles. The second-order valence-electron chi connectivity index (χ2n) is 14.2. The van der Waals surface area contributed by atoms with E-state index in [0.717, 1.165) is 44.9 Å². The Morgan fingerprint density at radius 3 is 1.57 bits per heavy atom. The predicted molar refractivity (Wildman–Crippen MR) is 215 cm³/mol. The fourth-order valence-electron chi connectivity index (χ4n) is 5.97. The van der Waals surface area contributed by atoms with Crippen molar-refractivity contribution < 1.29 is 32.8 Å². The van der Waals surface area contributed by atoms with Crippen LogP contribution in [0.15, 0.2) is 24.3 Å². The highest BCUT2D eigenvalue weighted by molar-refractivity contribution is 7.47. The smallest absolute Gasteiger partial charge is 0.457 e. The first kappa shape index (κ1) is 50.0. The maximum atomic E-state index is 12.6. The lowest BCUT2D eigenvalue weighted by molar-refractivity contribution is -0.154. The molecule has 0 radical (unpaired) electrons. The fourth-order valence-corrected chi connectivity index (χ4v) is 6.73. The summed E-state index contributed by atoms with van der Waals surface area (Å²) in [5, 5.41) is 0. The van der Waals surface area contributed by atoms with Gasteiger partial charge in [0.15, 0.2) is 0 Å². The normalized spacial score (nSPS) is 13.7. The van der Waals surface area contributed by atoms with Gasteiger partial charge < -0.3 is 20.1 Å². The van der Waals surface area contributed by atoms with E-state index in [4.69, 9.17) is 24.3 Å². The van der Waals surface area contributed by atoms with E-state index in [0.29, 0.717) is 13.0 Å². The van der Waals surface area contributed by atoms with Gasteiger partial charge in [-0.15, -0.1) is 0 Å². The monoisotopic (exact) mass is 744 g/mol.